The Morgan fingerprint density at radius 1 is 0.895 bits per heavy atom. The van der Waals surface area contributed by atoms with E-state index in [1.54, 1.807) is 24.5 Å². The Morgan fingerprint density at radius 2 is 1.74 bits per heavy atom. The summed E-state index contributed by atoms with van der Waals surface area (Å²) in [6.07, 6.45) is 5.47. The molecule has 9 heteroatoms. The second kappa shape index (κ2) is 10.1. The van der Waals surface area contributed by atoms with Crippen LogP contribution in [0.4, 0.5) is 27.7 Å². The van der Waals surface area contributed by atoms with Crippen LogP contribution in [-0.2, 0) is 11.2 Å². The molecule has 6 rings (SSSR count). The predicted molar refractivity (Wildman–Crippen MR) is 143 cm³/mol. The van der Waals surface area contributed by atoms with Crippen molar-refractivity contribution >= 4 is 34.9 Å². The normalized spacial score (nSPS) is 14.0. The fourth-order valence-electron chi connectivity index (χ4n) is 4.42. The highest BCUT2D eigenvalue weighted by molar-refractivity contribution is 6.08. The number of fused-ring (bicyclic) bond motifs is 1. The van der Waals surface area contributed by atoms with E-state index >= 15 is 0 Å². The van der Waals surface area contributed by atoms with E-state index in [-0.39, 0.29) is 24.2 Å². The summed E-state index contributed by atoms with van der Waals surface area (Å²) in [5, 5.41) is 6.04. The lowest BCUT2D eigenvalue weighted by atomic mass is 10.00. The summed E-state index contributed by atoms with van der Waals surface area (Å²) in [7, 11) is 0. The SMILES string of the molecule is O=C(Cc1ccccc1)Nc1cccc(C2=Nc3nccn3C2c2ccnc(Nc3cccc(F)c3)n2)c1. The number of carbonyl (C=O) groups excluding carboxylic acids is 1. The smallest absolute Gasteiger partial charge is 0.230 e. The van der Waals surface area contributed by atoms with Gasteiger partial charge in [0.15, 0.2) is 0 Å². The maximum atomic E-state index is 13.7. The molecule has 38 heavy (non-hydrogen) atoms. The Morgan fingerprint density at radius 3 is 2.61 bits per heavy atom. The van der Waals surface area contributed by atoms with Crippen LogP contribution in [0, 0.1) is 5.82 Å². The molecule has 0 fully saturated rings. The number of aliphatic imine (C=N–C) groups is 1. The molecule has 0 bridgehead atoms. The van der Waals surface area contributed by atoms with Gasteiger partial charge in [-0.15, -0.1) is 0 Å². The zero-order chi connectivity index (χ0) is 25.9. The van der Waals surface area contributed by atoms with Gasteiger partial charge in [0.1, 0.15) is 11.9 Å². The van der Waals surface area contributed by atoms with E-state index in [2.05, 4.69) is 20.6 Å². The van der Waals surface area contributed by atoms with Crippen LogP contribution in [0.2, 0.25) is 0 Å². The minimum absolute atomic E-state index is 0.102. The van der Waals surface area contributed by atoms with Crippen molar-refractivity contribution in [1.29, 1.82) is 0 Å². The summed E-state index contributed by atoms with van der Waals surface area (Å²) in [6.45, 7) is 0. The number of aromatic nitrogens is 4. The highest BCUT2D eigenvalue weighted by Gasteiger charge is 2.31. The first-order chi connectivity index (χ1) is 18.6. The number of amides is 1. The van der Waals surface area contributed by atoms with Crippen LogP contribution in [0.3, 0.4) is 0 Å². The summed E-state index contributed by atoms with van der Waals surface area (Å²) in [5.41, 5.74) is 4.42. The van der Waals surface area contributed by atoms with Gasteiger partial charge in [0, 0.05) is 35.5 Å². The summed E-state index contributed by atoms with van der Waals surface area (Å²) in [4.78, 5) is 30.8. The zero-order valence-electron chi connectivity index (χ0n) is 20.1. The third kappa shape index (κ3) is 4.90. The van der Waals surface area contributed by atoms with Gasteiger partial charge in [-0.05, 0) is 42.0 Å². The molecule has 5 aromatic rings. The molecular weight excluding hydrogens is 481 g/mol. The molecule has 0 radical (unpaired) electrons. The number of hydrogen-bond donors (Lipinski definition) is 2. The fourth-order valence-corrected chi connectivity index (χ4v) is 4.42. The third-order valence-electron chi connectivity index (χ3n) is 6.09. The number of nitrogens with one attached hydrogen (secondary N) is 2. The van der Waals surface area contributed by atoms with E-state index in [0.29, 0.717) is 29.0 Å². The Bertz CT molecular complexity index is 1650. The Kier molecular flexibility index (Phi) is 6.15. The minimum atomic E-state index is -0.362. The van der Waals surface area contributed by atoms with Crippen molar-refractivity contribution < 1.29 is 9.18 Å². The Balaban J connectivity index is 1.27. The van der Waals surface area contributed by atoms with Crippen molar-refractivity contribution in [3.8, 4) is 0 Å². The molecule has 1 atom stereocenters. The van der Waals surface area contributed by atoms with E-state index in [1.165, 1.54) is 12.1 Å². The average Bonchev–Trinajstić information content (AvgIpc) is 3.51. The molecule has 1 amide bonds. The van der Waals surface area contributed by atoms with Crippen LogP contribution >= 0.6 is 0 Å². The van der Waals surface area contributed by atoms with Crippen LogP contribution in [0.1, 0.15) is 22.9 Å². The van der Waals surface area contributed by atoms with Crippen molar-refractivity contribution in [1.82, 2.24) is 19.5 Å². The van der Waals surface area contributed by atoms with Crippen molar-refractivity contribution in [2.45, 2.75) is 12.5 Å². The first-order valence-corrected chi connectivity index (χ1v) is 12.0. The third-order valence-corrected chi connectivity index (χ3v) is 6.09. The van der Waals surface area contributed by atoms with Gasteiger partial charge in [-0.1, -0.05) is 48.5 Å². The van der Waals surface area contributed by atoms with Crippen LogP contribution in [0.25, 0.3) is 0 Å². The average molecular weight is 504 g/mol. The zero-order valence-corrected chi connectivity index (χ0v) is 20.1. The van der Waals surface area contributed by atoms with E-state index in [4.69, 9.17) is 9.98 Å². The predicted octanol–water partition coefficient (Wildman–Crippen LogP) is 5.46. The molecule has 0 aliphatic carbocycles. The van der Waals surface area contributed by atoms with Crippen LogP contribution in [0.15, 0.2) is 109 Å². The molecule has 0 saturated heterocycles. The maximum absolute atomic E-state index is 13.7. The molecule has 1 unspecified atom stereocenters. The van der Waals surface area contributed by atoms with Crippen molar-refractivity contribution in [2.75, 3.05) is 10.6 Å². The monoisotopic (exact) mass is 503 g/mol. The van der Waals surface area contributed by atoms with Gasteiger partial charge in [0.05, 0.1) is 17.8 Å². The van der Waals surface area contributed by atoms with Crippen LogP contribution in [0.5, 0.6) is 0 Å². The van der Waals surface area contributed by atoms with Crippen molar-refractivity contribution in [3.05, 3.63) is 126 Å². The Hall–Kier alpha value is -5.18. The fraction of sp³-hybridized carbons (Fsp3) is 0.0690. The minimum Gasteiger partial charge on any atom is -0.326 e. The largest absolute Gasteiger partial charge is 0.326 e. The molecule has 3 heterocycles. The molecule has 186 valence electrons. The number of carbonyl (C=O) groups is 1. The lowest BCUT2D eigenvalue weighted by Crippen LogP contribution is -2.19. The van der Waals surface area contributed by atoms with Crippen LogP contribution < -0.4 is 10.6 Å². The van der Waals surface area contributed by atoms with E-state index in [9.17, 15) is 9.18 Å². The molecule has 8 nitrogen and oxygen atoms in total. The molecule has 1 aliphatic rings. The summed E-state index contributed by atoms with van der Waals surface area (Å²) in [5.74, 6) is 0.440. The van der Waals surface area contributed by atoms with E-state index in [1.807, 2.05) is 71.4 Å². The second-order valence-electron chi connectivity index (χ2n) is 8.77. The Labute approximate surface area is 218 Å². The number of imidazole rings is 1. The highest BCUT2D eigenvalue weighted by Crippen LogP contribution is 2.34. The molecule has 2 N–H and O–H groups in total. The topological polar surface area (TPSA) is 97.1 Å². The standard InChI is InChI=1S/C29H22FN7O/c30-21-9-5-11-23(18-21)34-28-31-13-12-24(35-28)27-26(36-29-32-14-15-37(27)29)20-8-4-10-22(17-20)33-25(38)16-19-6-2-1-3-7-19/h1-15,17-18,27H,16H2,(H,33,38)(H,31,34,35). The van der Waals surface area contributed by atoms with E-state index < -0.39 is 0 Å². The number of rotatable bonds is 7. The quantitative estimate of drug-likeness (QED) is 0.307. The molecule has 0 saturated carbocycles. The van der Waals surface area contributed by atoms with Gasteiger partial charge in [-0.2, -0.15) is 0 Å². The molecule has 1 aliphatic heterocycles. The van der Waals surface area contributed by atoms with Gasteiger partial charge in [-0.3, -0.25) is 4.79 Å². The van der Waals surface area contributed by atoms with Crippen molar-refractivity contribution in [2.24, 2.45) is 4.99 Å². The maximum Gasteiger partial charge on any atom is 0.230 e. The van der Waals surface area contributed by atoms with Crippen molar-refractivity contribution in [3.63, 3.8) is 0 Å². The molecule has 2 aromatic heterocycles. The van der Waals surface area contributed by atoms with E-state index in [0.717, 1.165) is 16.8 Å². The number of anilines is 3. The highest BCUT2D eigenvalue weighted by atomic mass is 19.1. The summed E-state index contributed by atoms with van der Waals surface area (Å²) < 4.78 is 15.6. The molecular formula is C29H22FN7O. The first-order valence-electron chi connectivity index (χ1n) is 12.0. The number of benzene rings is 3. The van der Waals surface area contributed by atoms with Gasteiger partial charge in [0.25, 0.3) is 0 Å². The van der Waals surface area contributed by atoms with Gasteiger partial charge in [0.2, 0.25) is 17.8 Å². The number of nitrogens with zero attached hydrogens (tertiary/aromatic N) is 5. The van der Waals surface area contributed by atoms with Gasteiger partial charge < -0.3 is 15.2 Å². The number of halogens is 1. The van der Waals surface area contributed by atoms with Crippen LogP contribution in [-0.4, -0.2) is 31.1 Å². The lowest BCUT2D eigenvalue weighted by molar-refractivity contribution is -0.115. The molecule has 3 aromatic carbocycles. The van der Waals surface area contributed by atoms with Gasteiger partial charge in [-0.25, -0.2) is 24.3 Å². The molecule has 0 spiro atoms. The van der Waals surface area contributed by atoms with Gasteiger partial charge >= 0.3 is 0 Å². The number of hydrogen-bond acceptors (Lipinski definition) is 6. The second-order valence-corrected chi connectivity index (χ2v) is 8.77. The first kappa shape index (κ1) is 23.2. The lowest BCUT2D eigenvalue weighted by Gasteiger charge is -2.17. The summed E-state index contributed by atoms with van der Waals surface area (Å²) in [6, 6.07) is 24.7. The summed E-state index contributed by atoms with van der Waals surface area (Å²) >= 11 is 0.